The maximum atomic E-state index is 12.3. The third-order valence-electron chi connectivity index (χ3n) is 3.70. The van der Waals surface area contributed by atoms with Gasteiger partial charge in [-0.2, -0.15) is 0 Å². The van der Waals surface area contributed by atoms with Crippen molar-refractivity contribution in [2.24, 2.45) is 11.7 Å². The lowest BCUT2D eigenvalue weighted by Gasteiger charge is -2.21. The minimum Gasteiger partial charge on any atom is -0.345 e. The number of benzene rings is 1. The van der Waals surface area contributed by atoms with Crippen LogP contribution in [0.25, 0.3) is 0 Å². The van der Waals surface area contributed by atoms with Crippen LogP contribution < -0.4 is 5.73 Å². The van der Waals surface area contributed by atoms with Crippen molar-refractivity contribution in [2.75, 3.05) is 13.6 Å². The van der Waals surface area contributed by atoms with E-state index in [1.165, 1.54) is 11.1 Å². The molecule has 0 fully saturated rings. The van der Waals surface area contributed by atoms with Gasteiger partial charge in [0.25, 0.3) is 0 Å². The molecule has 0 heterocycles. The number of rotatable bonds is 4. The van der Waals surface area contributed by atoms with E-state index in [-0.39, 0.29) is 17.9 Å². The molecule has 0 aromatic heterocycles. The minimum atomic E-state index is 0.125. The summed E-state index contributed by atoms with van der Waals surface area (Å²) in [5.41, 5.74) is 8.39. The molecule has 1 atom stereocenters. The summed E-state index contributed by atoms with van der Waals surface area (Å²) < 4.78 is 0. The van der Waals surface area contributed by atoms with E-state index in [0.717, 1.165) is 25.8 Å². The highest BCUT2D eigenvalue weighted by atomic mass is 16.2. The zero-order valence-electron chi connectivity index (χ0n) is 11.2. The number of hydrogen-bond donors (Lipinski definition) is 1. The number of nitrogens with zero attached hydrogens (tertiary/aromatic N) is 1. The molecule has 0 saturated carbocycles. The van der Waals surface area contributed by atoms with Crippen molar-refractivity contribution in [3.8, 4) is 0 Å². The Hall–Kier alpha value is -1.35. The number of fused-ring (bicyclic) bond motifs is 1. The smallest absolute Gasteiger partial charge is 0.226 e. The quantitative estimate of drug-likeness (QED) is 0.877. The molecule has 1 aromatic carbocycles. The molecule has 2 rings (SSSR count). The van der Waals surface area contributed by atoms with Crippen molar-refractivity contribution in [1.82, 2.24) is 4.90 Å². The number of nitrogens with two attached hydrogens (primary N) is 1. The first-order valence-corrected chi connectivity index (χ1v) is 6.65. The molecule has 3 heteroatoms. The summed E-state index contributed by atoms with van der Waals surface area (Å²) in [6, 6.07) is 8.51. The Morgan fingerprint density at radius 1 is 1.39 bits per heavy atom. The van der Waals surface area contributed by atoms with Crippen molar-refractivity contribution in [2.45, 2.75) is 32.2 Å². The summed E-state index contributed by atoms with van der Waals surface area (Å²) >= 11 is 0. The minimum absolute atomic E-state index is 0.125. The fourth-order valence-corrected chi connectivity index (χ4v) is 2.55. The van der Waals surface area contributed by atoms with Crippen molar-refractivity contribution in [1.29, 1.82) is 0 Å². The van der Waals surface area contributed by atoms with Crippen LogP contribution in [0.15, 0.2) is 24.3 Å². The van der Waals surface area contributed by atoms with Crippen LogP contribution >= 0.6 is 0 Å². The van der Waals surface area contributed by atoms with Crippen LogP contribution in [0.2, 0.25) is 0 Å². The first-order valence-electron chi connectivity index (χ1n) is 6.65. The molecule has 1 aliphatic rings. The molecule has 0 radical (unpaired) electrons. The average Bonchev–Trinajstić information content (AvgIpc) is 2.78. The van der Waals surface area contributed by atoms with E-state index in [1.807, 2.05) is 31.0 Å². The zero-order chi connectivity index (χ0) is 13.1. The van der Waals surface area contributed by atoms with E-state index < -0.39 is 0 Å². The number of carbonyl (C=O) groups excluding carboxylic acids is 1. The summed E-state index contributed by atoms with van der Waals surface area (Å²) in [5.74, 6) is 0.382. The average molecular weight is 246 g/mol. The van der Waals surface area contributed by atoms with Gasteiger partial charge in [0, 0.05) is 25.6 Å². The van der Waals surface area contributed by atoms with E-state index in [0.29, 0.717) is 0 Å². The Morgan fingerprint density at radius 3 is 2.44 bits per heavy atom. The monoisotopic (exact) mass is 246 g/mol. The summed E-state index contributed by atoms with van der Waals surface area (Å²) in [6.07, 6.45) is 2.64. The third-order valence-corrected chi connectivity index (χ3v) is 3.70. The lowest BCUT2D eigenvalue weighted by atomic mass is 10.0. The maximum absolute atomic E-state index is 12.3. The third kappa shape index (κ3) is 2.91. The van der Waals surface area contributed by atoms with Crippen LogP contribution in [-0.2, 0) is 17.6 Å². The topological polar surface area (TPSA) is 46.3 Å². The van der Waals surface area contributed by atoms with Crippen LogP contribution in [0.1, 0.15) is 24.5 Å². The van der Waals surface area contributed by atoms with Crippen molar-refractivity contribution >= 4 is 5.91 Å². The summed E-state index contributed by atoms with van der Waals surface area (Å²) in [6.45, 7) is 2.73. The molecular weight excluding hydrogens is 224 g/mol. The standard InChI is InChI=1S/C15H22N2O/c1-11(16)7-8-17(2)15(18)14-9-12-5-3-4-6-13(12)10-14/h3-6,11,14H,7-10,16H2,1-2H3. The van der Waals surface area contributed by atoms with Crippen molar-refractivity contribution in [3.05, 3.63) is 35.4 Å². The summed E-state index contributed by atoms with van der Waals surface area (Å²) in [7, 11) is 1.88. The van der Waals surface area contributed by atoms with Gasteiger partial charge < -0.3 is 10.6 Å². The van der Waals surface area contributed by atoms with E-state index >= 15 is 0 Å². The lowest BCUT2D eigenvalue weighted by Crippen LogP contribution is -2.36. The van der Waals surface area contributed by atoms with Gasteiger partial charge >= 0.3 is 0 Å². The molecule has 1 aliphatic carbocycles. The maximum Gasteiger partial charge on any atom is 0.226 e. The lowest BCUT2D eigenvalue weighted by molar-refractivity contribution is -0.133. The molecule has 98 valence electrons. The van der Waals surface area contributed by atoms with Crippen LogP contribution in [0.5, 0.6) is 0 Å². The summed E-state index contributed by atoms with van der Waals surface area (Å²) in [5, 5.41) is 0. The van der Waals surface area contributed by atoms with Gasteiger partial charge in [-0.05, 0) is 37.3 Å². The fraction of sp³-hybridized carbons (Fsp3) is 0.533. The van der Waals surface area contributed by atoms with Gasteiger partial charge in [-0.25, -0.2) is 0 Å². The Bertz CT molecular complexity index is 403. The second-order valence-corrected chi connectivity index (χ2v) is 5.40. The Balaban J connectivity index is 1.92. The number of amides is 1. The van der Waals surface area contributed by atoms with Crippen LogP contribution in [0.3, 0.4) is 0 Å². The molecule has 18 heavy (non-hydrogen) atoms. The van der Waals surface area contributed by atoms with Gasteiger partial charge in [0.2, 0.25) is 5.91 Å². The van der Waals surface area contributed by atoms with E-state index in [9.17, 15) is 4.79 Å². The largest absolute Gasteiger partial charge is 0.345 e. The Morgan fingerprint density at radius 2 is 1.94 bits per heavy atom. The first-order chi connectivity index (χ1) is 8.58. The molecule has 0 spiro atoms. The molecule has 0 bridgehead atoms. The predicted octanol–water partition coefficient (Wildman–Crippen LogP) is 1.60. The van der Waals surface area contributed by atoms with Crippen LogP contribution in [0, 0.1) is 5.92 Å². The fourth-order valence-electron chi connectivity index (χ4n) is 2.55. The highest BCUT2D eigenvalue weighted by Crippen LogP contribution is 2.27. The number of hydrogen-bond acceptors (Lipinski definition) is 2. The van der Waals surface area contributed by atoms with Gasteiger partial charge in [0.1, 0.15) is 0 Å². The van der Waals surface area contributed by atoms with Gasteiger partial charge in [0.15, 0.2) is 0 Å². The highest BCUT2D eigenvalue weighted by Gasteiger charge is 2.28. The van der Waals surface area contributed by atoms with Gasteiger partial charge in [-0.1, -0.05) is 24.3 Å². The van der Waals surface area contributed by atoms with Gasteiger partial charge in [0.05, 0.1) is 0 Å². The van der Waals surface area contributed by atoms with E-state index in [1.54, 1.807) is 0 Å². The van der Waals surface area contributed by atoms with Crippen LogP contribution in [0.4, 0.5) is 0 Å². The molecule has 0 saturated heterocycles. The molecule has 1 aromatic rings. The SMILES string of the molecule is CC(N)CCN(C)C(=O)C1Cc2ccccc2C1. The molecule has 2 N–H and O–H groups in total. The summed E-state index contributed by atoms with van der Waals surface area (Å²) in [4.78, 5) is 14.1. The molecular formula is C15H22N2O. The zero-order valence-corrected chi connectivity index (χ0v) is 11.2. The predicted molar refractivity (Wildman–Crippen MR) is 73.2 cm³/mol. The van der Waals surface area contributed by atoms with Crippen molar-refractivity contribution in [3.63, 3.8) is 0 Å². The van der Waals surface area contributed by atoms with Crippen molar-refractivity contribution < 1.29 is 4.79 Å². The molecule has 3 nitrogen and oxygen atoms in total. The molecule has 0 aliphatic heterocycles. The Kier molecular flexibility index (Phi) is 4.02. The molecule has 1 unspecified atom stereocenters. The second kappa shape index (κ2) is 5.53. The van der Waals surface area contributed by atoms with E-state index in [2.05, 4.69) is 12.1 Å². The van der Waals surface area contributed by atoms with Crippen LogP contribution in [-0.4, -0.2) is 30.4 Å². The Labute approximate surface area is 109 Å². The van der Waals surface area contributed by atoms with E-state index in [4.69, 9.17) is 5.73 Å². The number of carbonyl (C=O) groups is 1. The second-order valence-electron chi connectivity index (χ2n) is 5.40. The molecule has 1 amide bonds. The highest BCUT2D eigenvalue weighted by molar-refractivity contribution is 5.80. The van der Waals surface area contributed by atoms with Gasteiger partial charge in [-0.3, -0.25) is 4.79 Å². The van der Waals surface area contributed by atoms with Gasteiger partial charge in [-0.15, -0.1) is 0 Å². The first kappa shape index (κ1) is 13.1. The normalized spacial score (nSPS) is 16.4.